The van der Waals surface area contributed by atoms with E-state index >= 15 is 0 Å². The van der Waals surface area contributed by atoms with Crippen LogP contribution in [0.3, 0.4) is 0 Å². The van der Waals surface area contributed by atoms with E-state index in [1.165, 1.54) is 0 Å². The van der Waals surface area contributed by atoms with Crippen molar-refractivity contribution in [3.63, 3.8) is 0 Å². The Hall–Kier alpha value is 0.230. The minimum absolute atomic E-state index is 0.0766. The molecule has 4 atom stereocenters. The van der Waals surface area contributed by atoms with Gasteiger partial charge in [0.25, 0.3) is 0 Å². The van der Waals surface area contributed by atoms with Gasteiger partial charge in [-0.15, -0.1) is 5.73 Å². The summed E-state index contributed by atoms with van der Waals surface area (Å²) in [6.07, 6.45) is 4.27. The summed E-state index contributed by atoms with van der Waals surface area (Å²) >= 11 is 17.5. The summed E-state index contributed by atoms with van der Waals surface area (Å²) < 4.78 is 22.2. The van der Waals surface area contributed by atoms with Gasteiger partial charge in [-0.3, -0.25) is 0 Å². The second-order valence-electron chi connectivity index (χ2n) is 5.99. The Labute approximate surface area is 152 Å². The van der Waals surface area contributed by atoms with Crippen molar-refractivity contribution in [2.45, 2.75) is 66.6 Å². The van der Waals surface area contributed by atoms with E-state index in [1.54, 1.807) is 13.2 Å². The molecule has 1 saturated heterocycles. The molecule has 7 heteroatoms. The van der Waals surface area contributed by atoms with Gasteiger partial charge in [0.15, 0.2) is 5.79 Å². The van der Waals surface area contributed by atoms with Crippen LogP contribution in [0.25, 0.3) is 0 Å². The van der Waals surface area contributed by atoms with Gasteiger partial charge in [0.2, 0.25) is 3.79 Å². The van der Waals surface area contributed by atoms with Crippen molar-refractivity contribution >= 4 is 34.8 Å². The Balaban J connectivity index is 2.16. The van der Waals surface area contributed by atoms with Crippen LogP contribution in [-0.4, -0.2) is 47.7 Å². The molecule has 2 aliphatic rings. The summed E-state index contributed by atoms with van der Waals surface area (Å²) in [7, 11) is 1.58. The van der Waals surface area contributed by atoms with Gasteiger partial charge in [0.1, 0.15) is 18.3 Å². The van der Waals surface area contributed by atoms with Crippen LogP contribution < -0.4 is 0 Å². The van der Waals surface area contributed by atoms with Gasteiger partial charge in [0, 0.05) is 20.0 Å². The fraction of sp³-hybridized carbons (Fsp3) is 0.812. The quantitative estimate of drug-likeness (QED) is 0.508. The van der Waals surface area contributed by atoms with Crippen molar-refractivity contribution in [1.29, 1.82) is 0 Å². The zero-order valence-corrected chi connectivity index (χ0v) is 15.7. The van der Waals surface area contributed by atoms with Crippen LogP contribution in [0.2, 0.25) is 0 Å². The number of rotatable bonds is 6. The summed E-state index contributed by atoms with van der Waals surface area (Å²) in [5.74, 6) is -0.512. The van der Waals surface area contributed by atoms with Crippen molar-refractivity contribution in [2.24, 2.45) is 0 Å². The highest BCUT2D eigenvalue weighted by atomic mass is 35.6. The zero-order valence-electron chi connectivity index (χ0n) is 13.4. The summed E-state index contributed by atoms with van der Waals surface area (Å²) in [5, 5.41) is 0. The second kappa shape index (κ2) is 8.07. The number of halogens is 3. The molecule has 0 aromatic heterocycles. The lowest BCUT2D eigenvalue weighted by Crippen LogP contribution is -2.45. The molecule has 1 aliphatic heterocycles. The minimum Gasteiger partial charge on any atom is -0.374 e. The minimum atomic E-state index is -1.51. The molecule has 2 fully saturated rings. The lowest BCUT2D eigenvalue weighted by atomic mass is 10.0. The summed E-state index contributed by atoms with van der Waals surface area (Å²) in [6.45, 7) is 5.48. The molecular weight excluding hydrogens is 363 g/mol. The van der Waals surface area contributed by atoms with Gasteiger partial charge in [0.05, 0.1) is 12.7 Å². The Morgan fingerprint density at radius 1 is 1.35 bits per heavy atom. The van der Waals surface area contributed by atoms with Crippen molar-refractivity contribution < 1.29 is 18.9 Å². The Morgan fingerprint density at radius 2 is 2.00 bits per heavy atom. The molecule has 0 N–H and O–H groups in total. The molecule has 0 unspecified atom stereocenters. The maximum Gasteiger partial charge on any atom is 0.213 e. The molecule has 0 bridgehead atoms. The van der Waals surface area contributed by atoms with E-state index < -0.39 is 21.8 Å². The molecule has 1 spiro atoms. The third-order valence-corrected chi connectivity index (χ3v) is 4.55. The molecule has 2 rings (SSSR count). The average Bonchev–Trinajstić information content (AvgIpc) is 3.04. The average molecular weight is 386 g/mol. The van der Waals surface area contributed by atoms with Gasteiger partial charge in [-0.1, -0.05) is 41.4 Å². The van der Waals surface area contributed by atoms with Crippen LogP contribution in [0, 0.1) is 0 Å². The predicted molar refractivity (Wildman–Crippen MR) is 91.2 cm³/mol. The molecule has 1 aliphatic carbocycles. The largest absolute Gasteiger partial charge is 0.374 e. The molecule has 4 nitrogen and oxygen atoms in total. The Kier molecular flexibility index (Phi) is 6.86. The Bertz CT molecular complexity index is 439. The van der Waals surface area contributed by atoms with E-state index in [0.29, 0.717) is 0 Å². The molecule has 0 amide bonds. The van der Waals surface area contributed by atoms with E-state index in [9.17, 15) is 0 Å². The van der Waals surface area contributed by atoms with Gasteiger partial charge >= 0.3 is 0 Å². The van der Waals surface area contributed by atoms with Crippen LogP contribution in [-0.2, 0) is 18.9 Å². The van der Waals surface area contributed by atoms with E-state index in [4.69, 9.17) is 53.8 Å². The first-order valence-electron chi connectivity index (χ1n) is 7.73. The van der Waals surface area contributed by atoms with E-state index in [-0.39, 0.29) is 18.8 Å². The van der Waals surface area contributed by atoms with Crippen LogP contribution in [0.5, 0.6) is 0 Å². The van der Waals surface area contributed by atoms with Crippen LogP contribution in [0.15, 0.2) is 18.4 Å². The molecule has 1 heterocycles. The van der Waals surface area contributed by atoms with Crippen molar-refractivity contribution in [1.82, 2.24) is 0 Å². The molecule has 0 radical (unpaired) electrons. The van der Waals surface area contributed by atoms with Crippen molar-refractivity contribution in [3.05, 3.63) is 18.4 Å². The van der Waals surface area contributed by atoms with Gasteiger partial charge in [-0.05, 0) is 25.8 Å². The lowest BCUT2D eigenvalue weighted by Gasteiger charge is -2.31. The highest BCUT2D eigenvalue weighted by Gasteiger charge is 2.51. The third kappa shape index (κ3) is 5.10. The molecule has 1 saturated carbocycles. The summed E-state index contributed by atoms with van der Waals surface area (Å²) in [4.78, 5) is 0. The number of hydrogen-bond acceptors (Lipinski definition) is 4. The Morgan fingerprint density at radius 3 is 2.52 bits per heavy atom. The van der Waals surface area contributed by atoms with Gasteiger partial charge in [-0.25, -0.2) is 0 Å². The van der Waals surface area contributed by atoms with E-state index in [1.807, 2.05) is 6.92 Å². The smallest absolute Gasteiger partial charge is 0.213 e. The first kappa shape index (κ1) is 19.6. The number of hydrogen-bond donors (Lipinski definition) is 0. The van der Waals surface area contributed by atoms with Crippen molar-refractivity contribution in [2.75, 3.05) is 13.7 Å². The molecule has 23 heavy (non-hydrogen) atoms. The first-order valence-corrected chi connectivity index (χ1v) is 8.86. The zero-order chi connectivity index (χ0) is 17.1. The fourth-order valence-electron chi connectivity index (χ4n) is 3.24. The summed E-state index contributed by atoms with van der Waals surface area (Å²) in [6, 6.07) is 0. The third-order valence-electron chi connectivity index (χ3n) is 4.22. The normalized spacial score (nSPS) is 29.4. The van der Waals surface area contributed by atoms with E-state index in [2.05, 4.69) is 12.3 Å². The van der Waals surface area contributed by atoms with Gasteiger partial charge < -0.3 is 18.9 Å². The maximum atomic E-state index is 6.25. The lowest BCUT2D eigenvalue weighted by molar-refractivity contribution is -0.186. The highest BCUT2D eigenvalue weighted by molar-refractivity contribution is 6.67. The standard InChI is InChI=1S/C16H23Cl3O4/c1-4-7-12(20-3)14(21-10-16(17,18)19)13-11(2)22-15(23-13)8-5-6-9-15/h7,11-14H,1,5-6,8-10H2,2-3H3/t11-,12+,13+,14+/m1/s1. The highest BCUT2D eigenvalue weighted by Crippen LogP contribution is 2.43. The topological polar surface area (TPSA) is 36.9 Å². The maximum absolute atomic E-state index is 6.25. The van der Waals surface area contributed by atoms with Crippen LogP contribution in [0.4, 0.5) is 0 Å². The fourth-order valence-corrected chi connectivity index (χ4v) is 3.43. The molecular formula is C16H23Cl3O4. The number of alkyl halides is 3. The predicted octanol–water partition coefficient (Wildman–Crippen LogP) is 4.17. The second-order valence-corrected chi connectivity index (χ2v) is 8.50. The number of ether oxygens (including phenoxy) is 4. The van der Waals surface area contributed by atoms with Gasteiger partial charge in [-0.2, -0.15) is 0 Å². The molecule has 132 valence electrons. The molecule has 0 aromatic rings. The van der Waals surface area contributed by atoms with E-state index in [0.717, 1.165) is 25.7 Å². The monoisotopic (exact) mass is 384 g/mol. The SMILES string of the molecule is C=C=C[C@H](OC)[C@H](OCC(Cl)(Cl)Cl)[C@H]1OC2(CCCC2)O[C@@H]1C. The number of methoxy groups -OCH3 is 1. The summed E-state index contributed by atoms with van der Waals surface area (Å²) in [5.41, 5.74) is 2.72. The first-order chi connectivity index (χ1) is 10.8. The molecule has 0 aromatic carbocycles. The van der Waals surface area contributed by atoms with Crippen molar-refractivity contribution in [3.8, 4) is 0 Å². The van der Waals surface area contributed by atoms with Crippen LogP contribution >= 0.6 is 34.8 Å². The van der Waals surface area contributed by atoms with Crippen LogP contribution in [0.1, 0.15) is 32.6 Å².